The van der Waals surface area contributed by atoms with Crippen LogP contribution in [0.5, 0.6) is 0 Å². The molecule has 6 nitrogen and oxygen atoms in total. The molecule has 6 heteroatoms. The molecule has 1 aromatic heterocycles. The zero-order valence-corrected chi connectivity index (χ0v) is 13.6. The van der Waals surface area contributed by atoms with E-state index in [0.717, 1.165) is 37.2 Å². The number of aromatic nitrogens is 2. The van der Waals surface area contributed by atoms with Crippen molar-refractivity contribution in [1.29, 1.82) is 0 Å². The monoisotopic (exact) mass is 293 g/mol. The van der Waals surface area contributed by atoms with E-state index in [1.165, 1.54) is 6.42 Å². The van der Waals surface area contributed by atoms with Crippen molar-refractivity contribution in [3.05, 3.63) is 17.5 Å². The van der Waals surface area contributed by atoms with E-state index in [9.17, 15) is 4.79 Å². The number of rotatable bonds is 3. The van der Waals surface area contributed by atoms with Crippen LogP contribution in [0, 0.1) is 6.92 Å². The Morgan fingerprint density at radius 3 is 2.81 bits per heavy atom. The fraction of sp³-hybridized carbons (Fsp3) is 0.733. The standard InChI is InChI=1S/C15H27N5O/c1-12-13(11-17-19(12)4)10-16-15(21)20-8-5-6-14(7-9-20)18(2)3/h11,14H,5-10H2,1-4H3,(H,16,21)/t14-/m0/s1. The van der Waals surface area contributed by atoms with Crippen LogP contribution in [0.1, 0.15) is 30.5 Å². The molecular weight excluding hydrogens is 266 g/mol. The Hall–Kier alpha value is -1.56. The highest BCUT2D eigenvalue weighted by atomic mass is 16.2. The largest absolute Gasteiger partial charge is 0.334 e. The maximum atomic E-state index is 12.3. The number of likely N-dealkylation sites (tertiary alicyclic amines) is 1. The molecule has 1 atom stereocenters. The topological polar surface area (TPSA) is 53.4 Å². The first-order chi connectivity index (χ1) is 9.99. The molecule has 0 saturated carbocycles. The van der Waals surface area contributed by atoms with Gasteiger partial charge in [-0.2, -0.15) is 5.10 Å². The van der Waals surface area contributed by atoms with E-state index in [0.29, 0.717) is 12.6 Å². The van der Waals surface area contributed by atoms with Gasteiger partial charge in [0.25, 0.3) is 0 Å². The maximum Gasteiger partial charge on any atom is 0.317 e. The van der Waals surface area contributed by atoms with Gasteiger partial charge >= 0.3 is 6.03 Å². The number of hydrogen-bond donors (Lipinski definition) is 1. The Bertz CT molecular complexity index is 482. The van der Waals surface area contributed by atoms with Gasteiger partial charge in [-0.1, -0.05) is 0 Å². The average molecular weight is 293 g/mol. The van der Waals surface area contributed by atoms with Crippen LogP contribution in [0.3, 0.4) is 0 Å². The summed E-state index contributed by atoms with van der Waals surface area (Å²) in [6.45, 7) is 4.25. The summed E-state index contributed by atoms with van der Waals surface area (Å²) in [4.78, 5) is 16.5. The van der Waals surface area contributed by atoms with Crippen LogP contribution < -0.4 is 5.32 Å². The molecule has 2 heterocycles. The van der Waals surface area contributed by atoms with Gasteiger partial charge in [0.05, 0.1) is 6.20 Å². The van der Waals surface area contributed by atoms with E-state index in [1.807, 2.05) is 29.7 Å². The van der Waals surface area contributed by atoms with Crippen molar-refractivity contribution in [3.8, 4) is 0 Å². The minimum atomic E-state index is 0.0395. The van der Waals surface area contributed by atoms with Crippen molar-refractivity contribution in [2.45, 2.75) is 38.8 Å². The number of carbonyl (C=O) groups is 1. The van der Waals surface area contributed by atoms with Gasteiger partial charge in [-0.25, -0.2) is 4.79 Å². The van der Waals surface area contributed by atoms with Crippen molar-refractivity contribution < 1.29 is 4.79 Å². The predicted molar refractivity (Wildman–Crippen MR) is 83.1 cm³/mol. The Balaban J connectivity index is 1.84. The van der Waals surface area contributed by atoms with Crippen molar-refractivity contribution in [2.24, 2.45) is 7.05 Å². The van der Waals surface area contributed by atoms with Crippen molar-refractivity contribution in [3.63, 3.8) is 0 Å². The summed E-state index contributed by atoms with van der Waals surface area (Å²) in [5, 5.41) is 7.21. The molecule has 21 heavy (non-hydrogen) atoms. The van der Waals surface area contributed by atoms with E-state index >= 15 is 0 Å². The summed E-state index contributed by atoms with van der Waals surface area (Å²) >= 11 is 0. The van der Waals surface area contributed by atoms with Gasteiger partial charge in [0.2, 0.25) is 0 Å². The Kier molecular flexibility index (Phi) is 5.22. The predicted octanol–water partition coefficient (Wildman–Crippen LogP) is 1.35. The molecule has 2 rings (SSSR count). The molecule has 118 valence electrons. The van der Waals surface area contributed by atoms with Crippen LogP contribution in [0.15, 0.2) is 6.20 Å². The van der Waals surface area contributed by atoms with E-state index < -0.39 is 0 Å². The number of hydrogen-bond acceptors (Lipinski definition) is 3. The highest BCUT2D eigenvalue weighted by molar-refractivity contribution is 5.74. The van der Waals surface area contributed by atoms with E-state index in [1.54, 1.807) is 0 Å². The highest BCUT2D eigenvalue weighted by Gasteiger charge is 2.21. The van der Waals surface area contributed by atoms with Gasteiger partial charge in [-0.15, -0.1) is 0 Å². The highest BCUT2D eigenvalue weighted by Crippen LogP contribution is 2.15. The number of nitrogens with one attached hydrogen (secondary N) is 1. The minimum Gasteiger partial charge on any atom is -0.334 e. The second-order valence-corrected chi connectivity index (χ2v) is 6.07. The number of carbonyl (C=O) groups excluding carboxylic acids is 1. The molecule has 0 aliphatic carbocycles. The SMILES string of the molecule is Cc1c(CNC(=O)N2CCC[C@H](N(C)C)CC2)cnn1C. The van der Waals surface area contributed by atoms with Gasteiger partial charge in [-0.3, -0.25) is 4.68 Å². The fourth-order valence-electron chi connectivity index (χ4n) is 2.80. The zero-order chi connectivity index (χ0) is 15.4. The molecule has 1 fully saturated rings. The van der Waals surface area contributed by atoms with Crippen molar-refractivity contribution in [1.82, 2.24) is 24.9 Å². The van der Waals surface area contributed by atoms with Crippen LogP contribution >= 0.6 is 0 Å². The molecule has 1 aromatic rings. The van der Waals surface area contributed by atoms with Crippen LogP contribution in [0.4, 0.5) is 4.79 Å². The van der Waals surface area contributed by atoms with Gasteiger partial charge in [0.15, 0.2) is 0 Å². The smallest absolute Gasteiger partial charge is 0.317 e. The molecule has 1 N–H and O–H groups in total. The lowest BCUT2D eigenvalue weighted by molar-refractivity contribution is 0.197. The third kappa shape index (κ3) is 3.97. The molecule has 0 aromatic carbocycles. The number of amides is 2. The molecule has 0 spiro atoms. The first kappa shape index (κ1) is 15.8. The third-order valence-corrected chi connectivity index (χ3v) is 4.48. The van der Waals surface area contributed by atoms with Gasteiger partial charge in [0.1, 0.15) is 0 Å². The second kappa shape index (κ2) is 6.93. The van der Waals surface area contributed by atoms with E-state index in [-0.39, 0.29) is 6.03 Å². The normalized spacial score (nSPS) is 19.7. The molecule has 0 radical (unpaired) electrons. The molecule has 1 saturated heterocycles. The Morgan fingerprint density at radius 2 is 2.19 bits per heavy atom. The quantitative estimate of drug-likeness (QED) is 0.915. The van der Waals surface area contributed by atoms with Crippen molar-refractivity contribution >= 4 is 6.03 Å². The Labute approximate surface area is 127 Å². The number of urea groups is 1. The molecule has 1 aliphatic rings. The van der Waals surface area contributed by atoms with Crippen molar-refractivity contribution in [2.75, 3.05) is 27.2 Å². The molecule has 1 aliphatic heterocycles. The van der Waals surface area contributed by atoms with Gasteiger partial charge in [-0.05, 0) is 40.3 Å². The van der Waals surface area contributed by atoms with E-state index in [2.05, 4.69) is 29.4 Å². The van der Waals surface area contributed by atoms with Crippen LogP contribution in [0.2, 0.25) is 0 Å². The summed E-state index contributed by atoms with van der Waals surface area (Å²) in [5.41, 5.74) is 2.17. The van der Waals surface area contributed by atoms with E-state index in [4.69, 9.17) is 0 Å². The summed E-state index contributed by atoms with van der Waals surface area (Å²) in [6, 6.07) is 0.626. The van der Waals surface area contributed by atoms with Crippen LogP contribution in [-0.2, 0) is 13.6 Å². The lowest BCUT2D eigenvalue weighted by Crippen LogP contribution is -2.40. The summed E-state index contributed by atoms with van der Waals surface area (Å²) < 4.78 is 1.83. The average Bonchev–Trinajstić information content (AvgIpc) is 2.69. The lowest BCUT2D eigenvalue weighted by Gasteiger charge is -2.23. The Morgan fingerprint density at radius 1 is 1.43 bits per heavy atom. The summed E-state index contributed by atoms with van der Waals surface area (Å²) in [5.74, 6) is 0. The molecular formula is C15H27N5O. The van der Waals surface area contributed by atoms with Gasteiger partial charge < -0.3 is 15.1 Å². The fourth-order valence-corrected chi connectivity index (χ4v) is 2.80. The summed E-state index contributed by atoms with van der Waals surface area (Å²) in [6.07, 6.45) is 5.10. The van der Waals surface area contributed by atoms with Crippen LogP contribution in [-0.4, -0.2) is 58.8 Å². The van der Waals surface area contributed by atoms with Crippen LogP contribution in [0.25, 0.3) is 0 Å². The van der Waals surface area contributed by atoms with Gasteiger partial charge in [0, 0.05) is 44.0 Å². The molecule has 0 bridgehead atoms. The number of nitrogens with zero attached hydrogens (tertiary/aromatic N) is 4. The first-order valence-corrected chi connectivity index (χ1v) is 7.65. The minimum absolute atomic E-state index is 0.0395. The third-order valence-electron chi connectivity index (χ3n) is 4.48. The number of aryl methyl sites for hydroxylation is 1. The first-order valence-electron chi connectivity index (χ1n) is 7.65. The lowest BCUT2D eigenvalue weighted by atomic mass is 10.1. The molecule has 0 unspecified atom stereocenters. The second-order valence-electron chi connectivity index (χ2n) is 6.07. The zero-order valence-electron chi connectivity index (χ0n) is 13.6. The maximum absolute atomic E-state index is 12.3. The molecule has 2 amide bonds. The summed E-state index contributed by atoms with van der Waals surface area (Å²) in [7, 11) is 6.15.